The van der Waals surface area contributed by atoms with E-state index in [1.807, 2.05) is 36.4 Å². The Morgan fingerprint density at radius 2 is 1.47 bits per heavy atom. The molecular formula is C30H17N3O. The molecule has 0 aliphatic carbocycles. The van der Waals surface area contributed by atoms with Gasteiger partial charge in [0.25, 0.3) is 0 Å². The van der Waals surface area contributed by atoms with Crippen molar-refractivity contribution in [1.29, 1.82) is 5.26 Å². The van der Waals surface area contributed by atoms with Crippen LogP contribution >= 0.6 is 0 Å². The number of fused-ring (bicyclic) bond motifs is 7. The van der Waals surface area contributed by atoms with Crippen LogP contribution in [0, 0.1) is 11.3 Å². The van der Waals surface area contributed by atoms with Gasteiger partial charge in [0.1, 0.15) is 17.2 Å². The zero-order chi connectivity index (χ0) is 22.6. The quantitative estimate of drug-likeness (QED) is 0.281. The van der Waals surface area contributed by atoms with E-state index < -0.39 is 0 Å². The van der Waals surface area contributed by atoms with E-state index >= 15 is 0 Å². The van der Waals surface area contributed by atoms with E-state index in [1.54, 1.807) is 12.3 Å². The van der Waals surface area contributed by atoms with Crippen LogP contribution in [0.25, 0.3) is 60.7 Å². The molecule has 0 unspecified atom stereocenters. The first-order chi connectivity index (χ1) is 16.8. The molecule has 0 saturated heterocycles. The largest absolute Gasteiger partial charge is 0.456 e. The van der Waals surface area contributed by atoms with Crippen LogP contribution in [-0.2, 0) is 0 Å². The Morgan fingerprint density at radius 1 is 0.676 bits per heavy atom. The number of nitriles is 1. The Labute approximate surface area is 194 Å². The molecule has 0 aliphatic heterocycles. The molecule has 0 bridgehead atoms. The Morgan fingerprint density at radius 3 is 2.38 bits per heavy atom. The van der Waals surface area contributed by atoms with E-state index in [0.29, 0.717) is 11.3 Å². The lowest BCUT2D eigenvalue weighted by Crippen LogP contribution is -1.99. The monoisotopic (exact) mass is 435 g/mol. The average molecular weight is 435 g/mol. The minimum absolute atomic E-state index is 0.555. The summed E-state index contributed by atoms with van der Waals surface area (Å²) in [5, 5.41) is 14.3. The lowest BCUT2D eigenvalue weighted by Gasteiger charge is -2.14. The van der Waals surface area contributed by atoms with Gasteiger partial charge in [-0.1, -0.05) is 54.6 Å². The second kappa shape index (κ2) is 7.06. The molecule has 0 saturated carbocycles. The minimum Gasteiger partial charge on any atom is -0.456 e. The highest BCUT2D eigenvalue weighted by Crippen LogP contribution is 2.42. The van der Waals surface area contributed by atoms with Gasteiger partial charge < -0.3 is 8.98 Å². The van der Waals surface area contributed by atoms with Gasteiger partial charge in [-0.25, -0.2) is 0 Å². The minimum atomic E-state index is 0.555. The summed E-state index contributed by atoms with van der Waals surface area (Å²) in [6.07, 6.45) is 1.74. The molecule has 0 N–H and O–H groups in total. The summed E-state index contributed by atoms with van der Waals surface area (Å²) >= 11 is 0. The third-order valence-electron chi connectivity index (χ3n) is 6.50. The molecular weight excluding hydrogens is 418 g/mol. The first-order valence-corrected chi connectivity index (χ1v) is 11.1. The maximum absolute atomic E-state index is 9.73. The third kappa shape index (κ3) is 2.49. The summed E-state index contributed by atoms with van der Waals surface area (Å²) < 4.78 is 8.47. The van der Waals surface area contributed by atoms with Crippen LogP contribution in [0.5, 0.6) is 0 Å². The molecule has 0 aliphatic rings. The summed E-state index contributed by atoms with van der Waals surface area (Å²) in [5.74, 6) is 0. The SMILES string of the molecule is N#Cc1cccnc1-c1ccccc1-n1c2ccccc2c2c3c(ccc21)oc1ccccc13. The van der Waals surface area contributed by atoms with Crippen LogP contribution in [0.2, 0.25) is 0 Å². The van der Waals surface area contributed by atoms with Crippen molar-refractivity contribution < 1.29 is 4.42 Å². The predicted molar refractivity (Wildman–Crippen MR) is 136 cm³/mol. The van der Waals surface area contributed by atoms with Gasteiger partial charge in [0, 0.05) is 33.3 Å². The Bertz CT molecular complexity index is 1930. The van der Waals surface area contributed by atoms with Crippen LogP contribution in [-0.4, -0.2) is 9.55 Å². The number of nitrogens with zero attached hydrogens (tertiary/aromatic N) is 3. The van der Waals surface area contributed by atoms with E-state index in [9.17, 15) is 5.26 Å². The highest BCUT2D eigenvalue weighted by atomic mass is 16.3. The van der Waals surface area contributed by atoms with Crippen LogP contribution < -0.4 is 0 Å². The van der Waals surface area contributed by atoms with E-state index in [2.05, 4.69) is 70.2 Å². The van der Waals surface area contributed by atoms with Gasteiger partial charge in [0.05, 0.1) is 28.0 Å². The fourth-order valence-corrected chi connectivity index (χ4v) is 5.11. The number of hydrogen-bond donors (Lipinski definition) is 0. The molecule has 3 aromatic heterocycles. The molecule has 0 amide bonds. The molecule has 0 radical (unpaired) electrons. The number of rotatable bonds is 2. The maximum Gasteiger partial charge on any atom is 0.136 e. The lowest BCUT2D eigenvalue weighted by atomic mass is 10.0. The number of para-hydroxylation sites is 3. The summed E-state index contributed by atoms with van der Waals surface area (Å²) in [5.41, 5.74) is 7.07. The van der Waals surface area contributed by atoms with Gasteiger partial charge in [0.2, 0.25) is 0 Å². The highest BCUT2D eigenvalue weighted by Gasteiger charge is 2.20. The number of furan rings is 1. The van der Waals surface area contributed by atoms with Crippen molar-refractivity contribution in [2.75, 3.05) is 0 Å². The van der Waals surface area contributed by atoms with Gasteiger partial charge in [-0.05, 0) is 42.5 Å². The Kier molecular flexibility index (Phi) is 3.88. The van der Waals surface area contributed by atoms with Gasteiger partial charge in [0.15, 0.2) is 0 Å². The smallest absolute Gasteiger partial charge is 0.136 e. The Balaban J connectivity index is 1.67. The van der Waals surface area contributed by atoms with Crippen molar-refractivity contribution >= 4 is 43.7 Å². The lowest BCUT2D eigenvalue weighted by molar-refractivity contribution is 0.669. The normalized spacial score (nSPS) is 11.5. The van der Waals surface area contributed by atoms with E-state index in [4.69, 9.17) is 4.42 Å². The van der Waals surface area contributed by atoms with Crippen molar-refractivity contribution in [3.63, 3.8) is 0 Å². The van der Waals surface area contributed by atoms with Gasteiger partial charge in [-0.2, -0.15) is 5.26 Å². The molecule has 0 fully saturated rings. The van der Waals surface area contributed by atoms with E-state index in [1.165, 1.54) is 0 Å². The topological polar surface area (TPSA) is 54.8 Å². The van der Waals surface area contributed by atoms with Crippen molar-refractivity contribution in [2.45, 2.75) is 0 Å². The zero-order valence-electron chi connectivity index (χ0n) is 18.1. The van der Waals surface area contributed by atoms with Crippen molar-refractivity contribution in [2.24, 2.45) is 0 Å². The summed E-state index contributed by atoms with van der Waals surface area (Å²) in [7, 11) is 0. The summed E-state index contributed by atoms with van der Waals surface area (Å²) in [6, 6.07) is 34.9. The van der Waals surface area contributed by atoms with Gasteiger partial charge >= 0.3 is 0 Å². The van der Waals surface area contributed by atoms with E-state index in [0.717, 1.165) is 55.0 Å². The maximum atomic E-state index is 9.73. The van der Waals surface area contributed by atoms with Gasteiger partial charge in [-0.15, -0.1) is 0 Å². The molecule has 4 aromatic carbocycles. The summed E-state index contributed by atoms with van der Waals surface area (Å²) in [4.78, 5) is 4.58. The summed E-state index contributed by atoms with van der Waals surface area (Å²) in [6.45, 7) is 0. The van der Waals surface area contributed by atoms with Crippen LogP contribution in [0.15, 0.2) is 108 Å². The fraction of sp³-hybridized carbons (Fsp3) is 0. The molecule has 0 spiro atoms. The van der Waals surface area contributed by atoms with Crippen LogP contribution in [0.4, 0.5) is 0 Å². The number of benzene rings is 4. The zero-order valence-corrected chi connectivity index (χ0v) is 18.1. The van der Waals surface area contributed by atoms with Crippen molar-refractivity contribution in [3.8, 4) is 23.0 Å². The first kappa shape index (κ1) is 18.7. The molecule has 4 nitrogen and oxygen atoms in total. The molecule has 3 heterocycles. The first-order valence-electron chi connectivity index (χ1n) is 11.1. The third-order valence-corrected chi connectivity index (χ3v) is 6.50. The molecule has 7 aromatic rings. The fourth-order valence-electron chi connectivity index (χ4n) is 5.11. The Hall–Kier alpha value is -4.88. The van der Waals surface area contributed by atoms with Crippen molar-refractivity contribution in [1.82, 2.24) is 9.55 Å². The van der Waals surface area contributed by atoms with Gasteiger partial charge in [-0.3, -0.25) is 4.98 Å². The van der Waals surface area contributed by atoms with E-state index in [-0.39, 0.29) is 0 Å². The highest BCUT2D eigenvalue weighted by molar-refractivity contribution is 6.27. The molecule has 0 atom stereocenters. The van der Waals surface area contributed by atoms with Crippen molar-refractivity contribution in [3.05, 3.63) is 109 Å². The molecule has 7 rings (SSSR count). The number of hydrogen-bond acceptors (Lipinski definition) is 3. The molecule has 34 heavy (non-hydrogen) atoms. The number of pyridine rings is 1. The standard InChI is InChI=1S/C30H17N3O/c31-18-19-8-7-17-32-30(19)21-10-2-5-13-24(21)33-23-12-4-1-9-20(23)28-25(33)15-16-27-29(28)22-11-3-6-14-26(22)34-27/h1-17H. The van der Waals surface area contributed by atoms with Crippen LogP contribution in [0.3, 0.4) is 0 Å². The molecule has 158 valence electrons. The predicted octanol–water partition coefficient (Wildman–Crippen LogP) is 7.62. The molecule has 4 heteroatoms. The average Bonchev–Trinajstić information content (AvgIpc) is 3.44. The second-order valence-corrected chi connectivity index (χ2v) is 8.31. The number of aromatic nitrogens is 2. The van der Waals surface area contributed by atoms with Crippen LogP contribution in [0.1, 0.15) is 5.56 Å². The second-order valence-electron chi connectivity index (χ2n) is 8.31.